The Kier molecular flexibility index (Phi) is 10.5. The summed E-state index contributed by atoms with van der Waals surface area (Å²) in [5.41, 5.74) is 12.9. The standard InChI is InChI=1S/C52H42N2/c1-5-13-41(14-6-1)21-23-43-25-33-49(34-26-43)53(47-17-9-3-10-18-47)51-37-29-45(30-38-51)46-31-39-52(40-32-46)54(48-19-11-4-12-20-48)50-35-27-44(28-36-50)24-22-42-15-7-2-8-16-42/h1-35,37-40,50H,36H2/b23-21+,24-22+. The maximum atomic E-state index is 2.44. The minimum absolute atomic E-state index is 0.212. The molecule has 1 unspecified atom stereocenters. The number of hydrogen-bond acceptors (Lipinski definition) is 2. The molecule has 1 aliphatic carbocycles. The van der Waals surface area contributed by atoms with Gasteiger partial charge in [-0.1, -0.05) is 176 Å². The molecule has 0 fully saturated rings. The second-order valence-electron chi connectivity index (χ2n) is 13.4. The molecule has 0 N–H and O–H groups in total. The monoisotopic (exact) mass is 694 g/mol. The first-order valence-electron chi connectivity index (χ1n) is 18.6. The zero-order valence-electron chi connectivity index (χ0n) is 30.2. The Labute approximate surface area is 319 Å². The number of hydrogen-bond donors (Lipinski definition) is 0. The van der Waals surface area contributed by atoms with Crippen molar-refractivity contribution >= 4 is 46.7 Å². The molecule has 0 spiro atoms. The van der Waals surface area contributed by atoms with Crippen LogP contribution < -0.4 is 9.80 Å². The molecule has 2 nitrogen and oxygen atoms in total. The van der Waals surface area contributed by atoms with Crippen molar-refractivity contribution in [1.82, 2.24) is 0 Å². The van der Waals surface area contributed by atoms with Gasteiger partial charge in [-0.05, 0) is 100 Å². The van der Waals surface area contributed by atoms with Gasteiger partial charge in [-0.25, -0.2) is 0 Å². The lowest BCUT2D eigenvalue weighted by molar-refractivity contribution is 0.782. The summed E-state index contributed by atoms with van der Waals surface area (Å²) in [4.78, 5) is 4.75. The Morgan fingerprint density at radius 2 is 0.759 bits per heavy atom. The van der Waals surface area contributed by atoms with E-state index in [0.29, 0.717) is 0 Å². The van der Waals surface area contributed by atoms with E-state index in [1.54, 1.807) is 0 Å². The largest absolute Gasteiger partial charge is 0.334 e. The van der Waals surface area contributed by atoms with E-state index >= 15 is 0 Å². The van der Waals surface area contributed by atoms with Gasteiger partial charge < -0.3 is 9.80 Å². The van der Waals surface area contributed by atoms with Crippen molar-refractivity contribution in [3.8, 4) is 11.1 Å². The second-order valence-corrected chi connectivity index (χ2v) is 13.4. The van der Waals surface area contributed by atoms with Gasteiger partial charge in [0.2, 0.25) is 0 Å². The Hall–Kier alpha value is -6.90. The highest BCUT2D eigenvalue weighted by Crippen LogP contribution is 2.37. The predicted molar refractivity (Wildman–Crippen MR) is 232 cm³/mol. The Balaban J connectivity index is 1.01. The van der Waals surface area contributed by atoms with E-state index in [0.717, 1.165) is 29.0 Å². The van der Waals surface area contributed by atoms with E-state index in [2.05, 4.69) is 240 Å². The van der Waals surface area contributed by atoms with Crippen LogP contribution in [0.3, 0.4) is 0 Å². The molecule has 0 bridgehead atoms. The molecule has 54 heavy (non-hydrogen) atoms. The first kappa shape index (κ1) is 34.2. The molecule has 1 aliphatic rings. The molecule has 2 heteroatoms. The van der Waals surface area contributed by atoms with E-state index in [4.69, 9.17) is 0 Å². The van der Waals surface area contributed by atoms with Crippen molar-refractivity contribution in [3.05, 3.63) is 241 Å². The van der Waals surface area contributed by atoms with Crippen LogP contribution in [0.2, 0.25) is 0 Å². The molecule has 0 saturated heterocycles. The highest BCUT2D eigenvalue weighted by Gasteiger charge is 2.20. The summed E-state index contributed by atoms with van der Waals surface area (Å²) < 4.78 is 0. The fourth-order valence-electron chi connectivity index (χ4n) is 6.95. The Morgan fingerprint density at radius 1 is 0.370 bits per heavy atom. The minimum atomic E-state index is 0.212. The third kappa shape index (κ3) is 8.25. The van der Waals surface area contributed by atoms with Crippen molar-refractivity contribution in [2.45, 2.75) is 12.5 Å². The molecule has 1 atom stereocenters. The van der Waals surface area contributed by atoms with Gasteiger partial charge in [0.15, 0.2) is 0 Å². The van der Waals surface area contributed by atoms with Crippen LogP contribution in [0.25, 0.3) is 29.4 Å². The van der Waals surface area contributed by atoms with Crippen molar-refractivity contribution in [3.63, 3.8) is 0 Å². The SMILES string of the molecule is C1=CC(N(c2ccccc2)c2ccc(-c3ccc(N(c4ccccc4)c4ccc(/C=C/c5ccccc5)cc4)cc3)cc2)CC=C1/C=C/c1ccccc1. The summed E-state index contributed by atoms with van der Waals surface area (Å²) in [6.45, 7) is 0. The molecular weight excluding hydrogens is 653 g/mol. The van der Waals surface area contributed by atoms with Crippen molar-refractivity contribution in [2.75, 3.05) is 9.80 Å². The molecule has 260 valence electrons. The highest BCUT2D eigenvalue weighted by atomic mass is 15.2. The van der Waals surface area contributed by atoms with E-state index < -0.39 is 0 Å². The van der Waals surface area contributed by atoms with Crippen LogP contribution >= 0.6 is 0 Å². The van der Waals surface area contributed by atoms with Crippen LogP contribution in [0.1, 0.15) is 23.1 Å². The summed E-state index contributed by atoms with van der Waals surface area (Å²) in [6, 6.07) is 69.0. The molecule has 0 saturated carbocycles. The van der Waals surface area contributed by atoms with Crippen molar-refractivity contribution < 1.29 is 0 Å². The van der Waals surface area contributed by atoms with E-state index in [1.807, 2.05) is 6.07 Å². The van der Waals surface area contributed by atoms with Gasteiger partial charge in [-0.2, -0.15) is 0 Å². The van der Waals surface area contributed by atoms with Crippen LogP contribution in [0.15, 0.2) is 224 Å². The van der Waals surface area contributed by atoms with Gasteiger partial charge >= 0.3 is 0 Å². The fourth-order valence-corrected chi connectivity index (χ4v) is 6.95. The summed E-state index contributed by atoms with van der Waals surface area (Å²) in [5.74, 6) is 0. The predicted octanol–water partition coefficient (Wildman–Crippen LogP) is 14.1. The van der Waals surface area contributed by atoms with Gasteiger partial charge in [-0.3, -0.25) is 0 Å². The summed E-state index contributed by atoms with van der Waals surface area (Å²) in [6.07, 6.45) is 16.5. The zero-order chi connectivity index (χ0) is 36.4. The van der Waals surface area contributed by atoms with Gasteiger partial charge in [-0.15, -0.1) is 0 Å². The maximum absolute atomic E-state index is 2.44. The van der Waals surface area contributed by atoms with E-state index in [1.165, 1.54) is 39.2 Å². The topological polar surface area (TPSA) is 6.48 Å². The lowest BCUT2D eigenvalue weighted by Gasteiger charge is -2.33. The molecule has 0 amide bonds. The second kappa shape index (κ2) is 16.6. The quantitative estimate of drug-likeness (QED) is 0.124. The first-order valence-corrected chi connectivity index (χ1v) is 18.6. The van der Waals surface area contributed by atoms with Crippen LogP contribution in [0, 0.1) is 0 Å². The number of anilines is 5. The molecule has 7 aromatic carbocycles. The van der Waals surface area contributed by atoms with Crippen LogP contribution in [-0.4, -0.2) is 6.04 Å². The third-order valence-electron chi connectivity index (χ3n) is 9.78. The van der Waals surface area contributed by atoms with Gasteiger partial charge in [0.1, 0.15) is 0 Å². The molecule has 0 aliphatic heterocycles. The molecular formula is C52H42N2. The highest BCUT2D eigenvalue weighted by molar-refractivity contribution is 5.80. The van der Waals surface area contributed by atoms with Gasteiger partial charge in [0, 0.05) is 28.4 Å². The molecule has 8 rings (SSSR count). The van der Waals surface area contributed by atoms with Crippen LogP contribution in [0.5, 0.6) is 0 Å². The number of rotatable bonds is 11. The van der Waals surface area contributed by atoms with Crippen molar-refractivity contribution in [1.29, 1.82) is 0 Å². The number of para-hydroxylation sites is 2. The summed E-state index contributed by atoms with van der Waals surface area (Å²) in [7, 11) is 0. The number of allylic oxidation sites excluding steroid dienone is 3. The average molecular weight is 695 g/mol. The molecule has 0 heterocycles. The zero-order valence-corrected chi connectivity index (χ0v) is 30.2. The fraction of sp³-hybridized carbons (Fsp3) is 0.0385. The van der Waals surface area contributed by atoms with E-state index in [-0.39, 0.29) is 6.04 Å². The van der Waals surface area contributed by atoms with Crippen molar-refractivity contribution in [2.24, 2.45) is 0 Å². The Morgan fingerprint density at radius 3 is 1.26 bits per heavy atom. The normalized spacial score (nSPS) is 13.9. The molecule has 0 radical (unpaired) electrons. The smallest absolute Gasteiger partial charge is 0.0560 e. The minimum Gasteiger partial charge on any atom is -0.334 e. The Bertz CT molecular complexity index is 2360. The van der Waals surface area contributed by atoms with Crippen LogP contribution in [0.4, 0.5) is 28.4 Å². The number of nitrogens with zero attached hydrogens (tertiary/aromatic N) is 2. The lowest BCUT2D eigenvalue weighted by Crippen LogP contribution is -2.30. The lowest BCUT2D eigenvalue weighted by atomic mass is 9.98. The molecule has 7 aromatic rings. The maximum Gasteiger partial charge on any atom is 0.0560 e. The average Bonchev–Trinajstić information content (AvgIpc) is 3.25. The van der Waals surface area contributed by atoms with Gasteiger partial charge in [0.25, 0.3) is 0 Å². The van der Waals surface area contributed by atoms with Gasteiger partial charge in [0.05, 0.1) is 6.04 Å². The first-order chi connectivity index (χ1) is 26.8. The van der Waals surface area contributed by atoms with E-state index in [9.17, 15) is 0 Å². The summed E-state index contributed by atoms with van der Waals surface area (Å²) >= 11 is 0. The number of benzene rings is 7. The van der Waals surface area contributed by atoms with Crippen LogP contribution in [-0.2, 0) is 0 Å². The molecule has 0 aromatic heterocycles. The summed E-state index contributed by atoms with van der Waals surface area (Å²) in [5, 5.41) is 0. The third-order valence-corrected chi connectivity index (χ3v) is 9.78.